The fourth-order valence-electron chi connectivity index (χ4n) is 3.96. The van der Waals surface area contributed by atoms with Crippen molar-refractivity contribution in [1.82, 2.24) is 9.97 Å². The fraction of sp³-hybridized carbons (Fsp3) is 0.333. The van der Waals surface area contributed by atoms with E-state index in [1.807, 2.05) is 12.1 Å². The van der Waals surface area contributed by atoms with Crippen LogP contribution in [-0.4, -0.2) is 22.8 Å². The first-order chi connectivity index (χ1) is 14.9. The van der Waals surface area contributed by atoms with Gasteiger partial charge in [-0.05, 0) is 55.0 Å². The molecule has 4 nitrogen and oxygen atoms in total. The zero-order chi connectivity index (χ0) is 22.1. The predicted molar refractivity (Wildman–Crippen MR) is 118 cm³/mol. The molecule has 31 heavy (non-hydrogen) atoms. The number of methoxy groups -OCH3 is 1. The summed E-state index contributed by atoms with van der Waals surface area (Å²) in [5.74, 6) is 0.689. The molecule has 3 aromatic rings. The molecule has 0 saturated heterocycles. The van der Waals surface area contributed by atoms with E-state index >= 15 is 0 Å². The Balaban J connectivity index is 1.49. The zero-order valence-corrected chi connectivity index (χ0v) is 18.4. The lowest BCUT2D eigenvalue weighted by molar-refractivity contribution is 0.414. The molecule has 1 aliphatic carbocycles. The molecular formula is C24H24F2N2O2S. The number of H-pyrrole nitrogens is 1. The highest BCUT2D eigenvalue weighted by molar-refractivity contribution is 7.99. The minimum atomic E-state index is -0.671. The number of hydrogen-bond donors (Lipinski definition) is 1. The smallest absolute Gasteiger partial charge is 0.254 e. The van der Waals surface area contributed by atoms with Gasteiger partial charge in [-0.15, -0.1) is 0 Å². The zero-order valence-electron chi connectivity index (χ0n) is 17.6. The first kappa shape index (κ1) is 21.6. The maximum Gasteiger partial charge on any atom is 0.254 e. The van der Waals surface area contributed by atoms with E-state index in [9.17, 15) is 13.6 Å². The molecule has 1 N–H and O–H groups in total. The van der Waals surface area contributed by atoms with Crippen LogP contribution in [0.2, 0.25) is 0 Å². The summed E-state index contributed by atoms with van der Waals surface area (Å²) in [5, 5.41) is 0.481. The summed E-state index contributed by atoms with van der Waals surface area (Å²) in [6.45, 7) is 3.30. The van der Waals surface area contributed by atoms with Gasteiger partial charge in [0.15, 0.2) is 5.16 Å². The van der Waals surface area contributed by atoms with Crippen LogP contribution in [0.25, 0.3) is 0 Å². The van der Waals surface area contributed by atoms with Gasteiger partial charge in [0.1, 0.15) is 17.4 Å². The Morgan fingerprint density at radius 2 is 1.87 bits per heavy atom. The molecule has 3 atom stereocenters. The van der Waals surface area contributed by atoms with E-state index in [1.165, 1.54) is 35.5 Å². The first-order valence-corrected chi connectivity index (χ1v) is 11.2. The van der Waals surface area contributed by atoms with E-state index < -0.39 is 17.6 Å². The third-order valence-corrected chi connectivity index (χ3v) is 6.97. The van der Waals surface area contributed by atoms with Crippen LogP contribution in [-0.2, 0) is 0 Å². The molecule has 162 valence electrons. The number of nitrogens with zero attached hydrogens (tertiary/aromatic N) is 1. The number of rotatable bonds is 7. The van der Waals surface area contributed by atoms with Crippen molar-refractivity contribution < 1.29 is 13.5 Å². The Kier molecular flexibility index (Phi) is 6.14. The van der Waals surface area contributed by atoms with E-state index in [-0.39, 0.29) is 11.1 Å². The molecule has 4 rings (SSSR count). The second kappa shape index (κ2) is 8.83. The number of benzene rings is 2. The summed E-state index contributed by atoms with van der Waals surface area (Å²) < 4.78 is 33.7. The van der Waals surface area contributed by atoms with Crippen molar-refractivity contribution in [3.05, 3.63) is 86.8 Å². The molecular weight excluding hydrogens is 418 g/mol. The van der Waals surface area contributed by atoms with Crippen LogP contribution in [0.15, 0.2) is 52.4 Å². The van der Waals surface area contributed by atoms with Gasteiger partial charge in [0.05, 0.1) is 12.8 Å². The lowest BCUT2D eigenvalue weighted by Gasteiger charge is -2.16. The lowest BCUT2D eigenvalue weighted by Crippen LogP contribution is -2.19. The maximum atomic E-state index is 14.3. The summed E-state index contributed by atoms with van der Waals surface area (Å²) in [7, 11) is 1.65. The molecule has 7 heteroatoms. The highest BCUT2D eigenvalue weighted by Crippen LogP contribution is 2.49. The minimum absolute atomic E-state index is 0.0681. The molecule has 1 heterocycles. The van der Waals surface area contributed by atoms with E-state index in [0.29, 0.717) is 28.2 Å². The highest BCUT2D eigenvalue weighted by atomic mass is 32.2. The number of aromatic nitrogens is 2. The number of ether oxygens (including phenoxy) is 1. The van der Waals surface area contributed by atoms with Crippen molar-refractivity contribution in [1.29, 1.82) is 0 Å². The Morgan fingerprint density at radius 3 is 2.52 bits per heavy atom. The predicted octanol–water partition coefficient (Wildman–Crippen LogP) is 5.41. The molecule has 1 aliphatic rings. The molecule has 0 radical (unpaired) electrons. The molecule has 1 fully saturated rings. The van der Waals surface area contributed by atoms with Crippen molar-refractivity contribution in [2.24, 2.45) is 5.92 Å². The lowest BCUT2D eigenvalue weighted by atomic mass is 9.94. The Labute approximate surface area is 184 Å². The van der Waals surface area contributed by atoms with Gasteiger partial charge in [0.2, 0.25) is 0 Å². The van der Waals surface area contributed by atoms with Crippen molar-refractivity contribution in [3.63, 3.8) is 0 Å². The molecule has 0 spiro atoms. The van der Waals surface area contributed by atoms with Crippen LogP contribution in [0.1, 0.15) is 47.6 Å². The van der Waals surface area contributed by atoms with Crippen molar-refractivity contribution >= 4 is 11.8 Å². The maximum absolute atomic E-state index is 14.3. The van der Waals surface area contributed by atoms with Crippen molar-refractivity contribution in [2.75, 3.05) is 12.9 Å². The Hall–Kier alpha value is -2.67. The third-order valence-electron chi connectivity index (χ3n) is 5.91. The first-order valence-electron chi connectivity index (χ1n) is 10.2. The summed E-state index contributed by atoms with van der Waals surface area (Å²) in [4.78, 5) is 19.8. The van der Waals surface area contributed by atoms with Gasteiger partial charge in [-0.2, -0.15) is 0 Å². The average molecular weight is 443 g/mol. The van der Waals surface area contributed by atoms with Gasteiger partial charge in [0, 0.05) is 22.8 Å². The molecule has 0 amide bonds. The number of halogens is 2. The van der Waals surface area contributed by atoms with Crippen LogP contribution >= 0.6 is 11.8 Å². The quantitative estimate of drug-likeness (QED) is 0.393. The fourth-order valence-corrected chi connectivity index (χ4v) is 5.02. The molecule has 0 bridgehead atoms. The van der Waals surface area contributed by atoms with E-state index in [1.54, 1.807) is 21.0 Å². The number of hydrogen-bond acceptors (Lipinski definition) is 4. The monoisotopic (exact) mass is 442 g/mol. The standard InChI is InChI=1S/C24H24F2N2O2S/c1-13(21-19(25)5-4-6-20(21)26)22-14(2)23(29)28-24(27-22)31-12-16-11-18(16)15-7-9-17(30-3)10-8-15/h4-10,13,16,18H,11-12H2,1-3H3,(H,27,28,29)/t13-,16-,18-/m1/s1. The summed E-state index contributed by atoms with van der Waals surface area (Å²) in [6, 6.07) is 11.9. The second-order valence-electron chi connectivity index (χ2n) is 7.92. The van der Waals surface area contributed by atoms with Gasteiger partial charge in [-0.3, -0.25) is 4.79 Å². The Bertz CT molecular complexity index is 1130. The van der Waals surface area contributed by atoms with Crippen molar-refractivity contribution in [2.45, 2.75) is 37.3 Å². The summed E-state index contributed by atoms with van der Waals surface area (Å²) >= 11 is 1.48. The molecule has 0 aliphatic heterocycles. The number of aromatic amines is 1. The number of nitrogens with one attached hydrogen (secondary N) is 1. The third kappa shape index (κ3) is 4.51. The van der Waals surface area contributed by atoms with E-state index in [0.717, 1.165) is 17.9 Å². The number of thioether (sulfide) groups is 1. The van der Waals surface area contributed by atoms with Crippen LogP contribution in [0.4, 0.5) is 8.78 Å². The minimum Gasteiger partial charge on any atom is -0.497 e. The molecule has 1 saturated carbocycles. The van der Waals surface area contributed by atoms with Gasteiger partial charge in [-0.1, -0.05) is 36.9 Å². The summed E-state index contributed by atoms with van der Waals surface area (Å²) in [6.07, 6.45) is 1.08. The van der Waals surface area contributed by atoms with E-state index in [2.05, 4.69) is 22.1 Å². The normalized spacial score (nSPS) is 18.6. The molecule has 1 aromatic heterocycles. The van der Waals surface area contributed by atoms with Crippen LogP contribution < -0.4 is 10.3 Å². The highest BCUT2D eigenvalue weighted by Gasteiger charge is 2.38. The van der Waals surface area contributed by atoms with Gasteiger partial charge >= 0.3 is 0 Å². The van der Waals surface area contributed by atoms with Crippen LogP contribution in [0, 0.1) is 24.5 Å². The van der Waals surface area contributed by atoms with E-state index in [4.69, 9.17) is 4.74 Å². The molecule has 2 aromatic carbocycles. The molecule has 0 unspecified atom stereocenters. The van der Waals surface area contributed by atoms with Crippen molar-refractivity contribution in [3.8, 4) is 5.75 Å². The SMILES string of the molecule is COc1ccc([C@H]2C[C@@H]2CSc2nc([C@H](C)c3c(F)cccc3F)c(C)c(=O)[nH]2)cc1. The largest absolute Gasteiger partial charge is 0.497 e. The topological polar surface area (TPSA) is 55.0 Å². The summed E-state index contributed by atoms with van der Waals surface area (Å²) in [5.41, 5.74) is 1.71. The Morgan fingerprint density at radius 1 is 1.19 bits per heavy atom. The average Bonchev–Trinajstić information content (AvgIpc) is 3.54. The second-order valence-corrected chi connectivity index (χ2v) is 8.93. The van der Waals surface area contributed by atoms with Crippen LogP contribution in [0.3, 0.4) is 0 Å². The van der Waals surface area contributed by atoms with Gasteiger partial charge in [0.25, 0.3) is 5.56 Å². The van der Waals surface area contributed by atoms with Gasteiger partial charge < -0.3 is 9.72 Å². The van der Waals surface area contributed by atoms with Gasteiger partial charge in [-0.25, -0.2) is 13.8 Å². The van der Waals surface area contributed by atoms with Crippen LogP contribution in [0.5, 0.6) is 5.75 Å².